The van der Waals surface area contributed by atoms with Crippen molar-refractivity contribution in [2.24, 2.45) is 17.6 Å². The Morgan fingerprint density at radius 3 is 2.16 bits per heavy atom. The minimum absolute atomic E-state index is 0.0181. The Morgan fingerprint density at radius 2 is 1.62 bits per heavy atom. The third kappa shape index (κ3) is 12.5. The minimum Gasteiger partial charge on any atom is -0.445 e. The normalized spacial score (nSPS) is 12.4. The molecule has 0 heterocycles. The molecule has 0 saturated carbocycles. The van der Waals surface area contributed by atoms with E-state index < -0.39 is 41.8 Å². The van der Waals surface area contributed by atoms with Crippen molar-refractivity contribution in [3.05, 3.63) is 35.9 Å². The number of nitrogens with two attached hydrogens (primary N) is 1. The summed E-state index contributed by atoms with van der Waals surface area (Å²) in [6.07, 6.45) is -0.610. The second-order valence-corrected chi connectivity index (χ2v) is 9.78. The van der Waals surface area contributed by atoms with E-state index in [9.17, 15) is 24.0 Å². The van der Waals surface area contributed by atoms with Gasteiger partial charge in [-0.1, -0.05) is 58.0 Å². The van der Waals surface area contributed by atoms with Crippen molar-refractivity contribution in [3.63, 3.8) is 0 Å². The number of primary amides is 1. The summed E-state index contributed by atoms with van der Waals surface area (Å²) in [6.45, 7) is 7.19. The van der Waals surface area contributed by atoms with Crippen molar-refractivity contribution in [1.29, 1.82) is 0 Å². The Balaban J connectivity index is 2.90. The second kappa shape index (κ2) is 16.5. The molecule has 206 valence electrons. The van der Waals surface area contributed by atoms with Crippen LogP contribution in [0.25, 0.3) is 0 Å². The molecule has 1 rings (SSSR count). The van der Waals surface area contributed by atoms with E-state index in [-0.39, 0.29) is 50.0 Å². The third-order valence-electron chi connectivity index (χ3n) is 5.23. The number of nitrogens with zero attached hydrogens (tertiary/aromatic N) is 1. The number of hydrogen-bond donors (Lipinski definition) is 5. The SMILES string of the molecule is CC(C)C[C@H](NC(=O)[C@@H](NC(=O)OCc1ccccc1)C(C)C)C(=O)NN(CCC(N)=O)C(=O)CCS. The Labute approximate surface area is 223 Å². The van der Waals surface area contributed by atoms with Crippen molar-refractivity contribution in [1.82, 2.24) is 21.1 Å². The number of amides is 5. The number of nitrogens with one attached hydrogen (secondary N) is 3. The monoisotopic (exact) mass is 537 g/mol. The fourth-order valence-corrected chi connectivity index (χ4v) is 3.49. The Bertz CT molecular complexity index is 912. The fraction of sp³-hybridized carbons (Fsp3) is 0.560. The maximum absolute atomic E-state index is 13.1. The van der Waals surface area contributed by atoms with Crippen LogP contribution in [0.4, 0.5) is 4.79 Å². The van der Waals surface area contributed by atoms with Crippen LogP contribution in [-0.2, 0) is 30.5 Å². The van der Waals surface area contributed by atoms with Gasteiger partial charge in [-0.15, -0.1) is 0 Å². The molecule has 0 spiro atoms. The zero-order valence-corrected chi connectivity index (χ0v) is 22.8. The quantitative estimate of drug-likeness (QED) is 0.179. The molecule has 2 atom stereocenters. The summed E-state index contributed by atoms with van der Waals surface area (Å²) in [5, 5.41) is 6.26. The molecule has 5 N–H and O–H groups in total. The highest BCUT2D eigenvalue weighted by atomic mass is 32.1. The van der Waals surface area contributed by atoms with Crippen LogP contribution in [-0.4, -0.2) is 59.1 Å². The lowest BCUT2D eigenvalue weighted by Crippen LogP contribution is -2.58. The molecule has 1 aromatic carbocycles. The molecule has 37 heavy (non-hydrogen) atoms. The van der Waals surface area contributed by atoms with Gasteiger partial charge in [0.1, 0.15) is 18.7 Å². The summed E-state index contributed by atoms with van der Waals surface area (Å²) in [7, 11) is 0. The average Bonchev–Trinajstić information content (AvgIpc) is 2.83. The molecule has 0 aliphatic carbocycles. The van der Waals surface area contributed by atoms with E-state index in [0.29, 0.717) is 0 Å². The summed E-state index contributed by atoms with van der Waals surface area (Å²) in [5.74, 6) is -2.32. The summed E-state index contributed by atoms with van der Waals surface area (Å²) < 4.78 is 5.23. The van der Waals surface area contributed by atoms with Gasteiger partial charge in [0.2, 0.25) is 17.7 Å². The Kier molecular flexibility index (Phi) is 14.1. The van der Waals surface area contributed by atoms with Crippen molar-refractivity contribution in [2.75, 3.05) is 12.3 Å². The predicted octanol–water partition coefficient (Wildman–Crippen LogP) is 1.52. The van der Waals surface area contributed by atoms with Crippen LogP contribution in [0.1, 0.15) is 52.5 Å². The lowest BCUT2D eigenvalue weighted by atomic mass is 10.00. The van der Waals surface area contributed by atoms with Gasteiger partial charge >= 0.3 is 6.09 Å². The van der Waals surface area contributed by atoms with E-state index in [1.54, 1.807) is 13.8 Å². The molecule has 0 saturated heterocycles. The summed E-state index contributed by atoms with van der Waals surface area (Å²) >= 11 is 4.04. The van der Waals surface area contributed by atoms with Gasteiger partial charge in [0, 0.05) is 12.8 Å². The Hall–Kier alpha value is -3.28. The van der Waals surface area contributed by atoms with Crippen molar-refractivity contribution in [2.45, 2.75) is 65.6 Å². The number of hydrogen-bond acceptors (Lipinski definition) is 7. The first-order valence-electron chi connectivity index (χ1n) is 12.2. The summed E-state index contributed by atoms with van der Waals surface area (Å²) in [5.41, 5.74) is 8.47. The van der Waals surface area contributed by atoms with E-state index in [4.69, 9.17) is 10.5 Å². The highest BCUT2D eigenvalue weighted by Gasteiger charge is 2.31. The number of rotatable bonds is 14. The van der Waals surface area contributed by atoms with Gasteiger partial charge in [0.15, 0.2) is 0 Å². The molecule has 0 aliphatic rings. The van der Waals surface area contributed by atoms with Gasteiger partial charge in [0.05, 0.1) is 6.54 Å². The van der Waals surface area contributed by atoms with Gasteiger partial charge in [-0.05, 0) is 29.6 Å². The van der Waals surface area contributed by atoms with Crippen LogP contribution < -0.4 is 21.8 Å². The van der Waals surface area contributed by atoms with Gasteiger partial charge in [-0.25, -0.2) is 4.79 Å². The van der Waals surface area contributed by atoms with E-state index in [2.05, 4.69) is 28.7 Å². The van der Waals surface area contributed by atoms with Crippen LogP contribution in [0.2, 0.25) is 0 Å². The molecular weight excluding hydrogens is 498 g/mol. The highest BCUT2D eigenvalue weighted by molar-refractivity contribution is 7.80. The smallest absolute Gasteiger partial charge is 0.408 e. The zero-order chi connectivity index (χ0) is 28.0. The lowest BCUT2D eigenvalue weighted by molar-refractivity contribution is -0.143. The van der Waals surface area contributed by atoms with E-state index in [1.165, 1.54) is 0 Å². The first-order valence-corrected chi connectivity index (χ1v) is 12.8. The van der Waals surface area contributed by atoms with Crippen LogP contribution in [0, 0.1) is 11.8 Å². The molecule has 0 aliphatic heterocycles. The van der Waals surface area contributed by atoms with Gasteiger partial charge < -0.3 is 21.1 Å². The molecule has 1 aromatic rings. The molecular formula is C25H39N5O6S. The van der Waals surface area contributed by atoms with Crippen LogP contribution in [0.3, 0.4) is 0 Å². The van der Waals surface area contributed by atoms with Gasteiger partial charge in [-0.3, -0.25) is 29.6 Å². The molecule has 0 unspecified atom stereocenters. The number of thiol groups is 1. The van der Waals surface area contributed by atoms with Crippen molar-refractivity contribution >= 4 is 42.4 Å². The second-order valence-electron chi connectivity index (χ2n) is 9.33. The fourth-order valence-electron chi connectivity index (χ4n) is 3.30. The molecule has 12 heteroatoms. The molecule has 11 nitrogen and oxygen atoms in total. The number of carbonyl (C=O) groups is 5. The van der Waals surface area contributed by atoms with E-state index in [1.807, 2.05) is 44.2 Å². The van der Waals surface area contributed by atoms with Crippen LogP contribution in [0.5, 0.6) is 0 Å². The maximum Gasteiger partial charge on any atom is 0.408 e. The first kappa shape index (κ1) is 31.7. The van der Waals surface area contributed by atoms with E-state index >= 15 is 0 Å². The third-order valence-corrected chi connectivity index (χ3v) is 5.45. The van der Waals surface area contributed by atoms with Gasteiger partial charge in [0.25, 0.3) is 5.91 Å². The number of alkyl carbamates (subject to hydrolysis) is 1. The lowest BCUT2D eigenvalue weighted by Gasteiger charge is -2.28. The Morgan fingerprint density at radius 1 is 0.973 bits per heavy atom. The van der Waals surface area contributed by atoms with Crippen molar-refractivity contribution in [3.8, 4) is 0 Å². The molecule has 5 amide bonds. The number of carbonyl (C=O) groups excluding carboxylic acids is 5. The topological polar surface area (TPSA) is 160 Å². The average molecular weight is 538 g/mol. The molecule has 0 fully saturated rings. The molecule has 0 aromatic heterocycles. The molecule has 0 radical (unpaired) electrons. The summed E-state index contributed by atoms with van der Waals surface area (Å²) in [4.78, 5) is 62.2. The van der Waals surface area contributed by atoms with Gasteiger partial charge in [-0.2, -0.15) is 12.6 Å². The number of benzene rings is 1. The zero-order valence-electron chi connectivity index (χ0n) is 21.9. The van der Waals surface area contributed by atoms with Crippen LogP contribution in [0.15, 0.2) is 30.3 Å². The minimum atomic E-state index is -1.00. The predicted molar refractivity (Wildman–Crippen MR) is 142 cm³/mol. The number of hydrazine groups is 1. The standard InChI is InChI=1S/C25H39N5O6S/c1-16(2)14-19(23(33)29-30(12-10-20(26)31)21(32)11-13-37)27-24(34)22(17(3)4)28-25(35)36-15-18-8-6-5-7-9-18/h5-9,16-17,19,22,37H,10-15H2,1-4H3,(H2,26,31)(H,27,34)(H,28,35)(H,29,33)/t19-,22-/m0/s1. The molecule has 0 bridgehead atoms. The first-order chi connectivity index (χ1) is 17.4. The maximum atomic E-state index is 13.1. The highest BCUT2D eigenvalue weighted by Crippen LogP contribution is 2.09. The largest absolute Gasteiger partial charge is 0.445 e. The van der Waals surface area contributed by atoms with E-state index in [0.717, 1.165) is 10.6 Å². The number of ether oxygens (including phenoxy) is 1. The summed E-state index contributed by atoms with van der Waals surface area (Å²) in [6, 6.07) is 7.13. The van der Waals surface area contributed by atoms with Crippen LogP contribution >= 0.6 is 12.6 Å². The van der Waals surface area contributed by atoms with Crippen molar-refractivity contribution < 1.29 is 28.7 Å².